The minimum absolute atomic E-state index is 0.0521. The maximum Gasteiger partial charge on any atom is 0.234 e. The van der Waals surface area contributed by atoms with Crippen LogP contribution in [0.15, 0.2) is 59.4 Å². The second kappa shape index (κ2) is 7.87. The predicted molar refractivity (Wildman–Crippen MR) is 106 cm³/mol. The van der Waals surface area contributed by atoms with Crippen LogP contribution in [0.25, 0.3) is 10.1 Å². The summed E-state index contributed by atoms with van der Waals surface area (Å²) in [6.07, 6.45) is 0. The molecule has 126 valence electrons. The molecule has 0 bridgehead atoms. The third kappa shape index (κ3) is 4.40. The lowest BCUT2D eigenvalue weighted by Gasteiger charge is -2.17. The molecule has 2 aromatic carbocycles. The molecule has 0 radical (unpaired) electrons. The van der Waals surface area contributed by atoms with Gasteiger partial charge in [0, 0.05) is 23.2 Å². The first-order valence-corrected chi connectivity index (χ1v) is 8.84. The van der Waals surface area contributed by atoms with Crippen LogP contribution in [0, 0.1) is 18.8 Å². The fraction of sp³-hybridized carbons (Fsp3) is 0.190. The molecule has 0 saturated heterocycles. The van der Waals surface area contributed by atoms with Gasteiger partial charge in [0.05, 0.1) is 12.2 Å². The van der Waals surface area contributed by atoms with Crippen LogP contribution in [0.1, 0.15) is 5.56 Å². The Kier molecular flexibility index (Phi) is 5.37. The fourth-order valence-corrected chi connectivity index (χ4v) is 3.36. The highest BCUT2D eigenvalue weighted by Crippen LogP contribution is 2.26. The largest absolute Gasteiger partial charge is 0.481 e. The van der Waals surface area contributed by atoms with Crippen LogP contribution in [0.2, 0.25) is 0 Å². The first-order valence-electron chi connectivity index (χ1n) is 8.03. The third-order valence-corrected chi connectivity index (χ3v) is 4.68. The zero-order valence-electron chi connectivity index (χ0n) is 14.3. The van der Waals surface area contributed by atoms with Gasteiger partial charge in [0.25, 0.3) is 0 Å². The summed E-state index contributed by atoms with van der Waals surface area (Å²) in [6.45, 7) is 2.92. The summed E-state index contributed by atoms with van der Waals surface area (Å²) in [6, 6.07) is 17.5. The Bertz CT molecular complexity index is 998. The molecule has 0 unspecified atom stereocenters. The molecule has 0 fully saturated rings. The van der Waals surface area contributed by atoms with Crippen LogP contribution >= 0.6 is 11.3 Å². The van der Waals surface area contributed by atoms with E-state index in [1.165, 1.54) is 11.3 Å². The number of benzene rings is 2. The number of anilines is 1. The summed E-state index contributed by atoms with van der Waals surface area (Å²) in [5.74, 6) is 6.96. The first-order chi connectivity index (χ1) is 12.1. The Hall–Kier alpha value is -2.77. The highest BCUT2D eigenvalue weighted by molar-refractivity contribution is 7.16. The van der Waals surface area contributed by atoms with Gasteiger partial charge in [-0.1, -0.05) is 53.5 Å². The molecule has 0 N–H and O–H groups in total. The van der Waals surface area contributed by atoms with Crippen molar-refractivity contribution in [1.29, 1.82) is 0 Å². The van der Waals surface area contributed by atoms with Gasteiger partial charge >= 0.3 is 0 Å². The maximum absolute atomic E-state index is 11.9. The number of hydrogen-bond acceptors (Lipinski definition) is 4. The predicted octanol–water partition coefficient (Wildman–Crippen LogP) is 4.09. The van der Waals surface area contributed by atoms with Crippen LogP contribution in [0.4, 0.5) is 5.69 Å². The lowest BCUT2D eigenvalue weighted by atomic mass is 10.2. The molecule has 0 aliphatic heterocycles. The number of fused-ring (bicyclic) bond motifs is 1. The number of aryl methyl sites for hydroxylation is 1. The number of hydrogen-bond donors (Lipinski definition) is 0. The summed E-state index contributed by atoms with van der Waals surface area (Å²) in [5, 5.41) is 1.08. The summed E-state index contributed by atoms with van der Waals surface area (Å²) < 4.78 is 6.67. The fourth-order valence-electron chi connectivity index (χ4n) is 2.55. The molecule has 4 heteroatoms. The standard InChI is InChI=1S/C21H19NO2S/c1-16-8-7-9-17(14-16)24-13-6-5-12-22(2)19-15-21(23)25-20-11-4-3-10-18(19)20/h3-4,7-11,14-15H,12-13H2,1-2H3. The van der Waals surface area contributed by atoms with Gasteiger partial charge < -0.3 is 9.64 Å². The average molecular weight is 349 g/mol. The second-order valence-electron chi connectivity index (χ2n) is 5.76. The van der Waals surface area contributed by atoms with Gasteiger partial charge in [-0.25, -0.2) is 0 Å². The van der Waals surface area contributed by atoms with Crippen LogP contribution in [0.5, 0.6) is 5.75 Å². The summed E-state index contributed by atoms with van der Waals surface area (Å²) in [4.78, 5) is 13.9. The van der Waals surface area contributed by atoms with Crippen molar-refractivity contribution in [3.63, 3.8) is 0 Å². The molecule has 1 heterocycles. The molecule has 3 rings (SSSR count). The molecule has 3 nitrogen and oxygen atoms in total. The van der Waals surface area contributed by atoms with Crippen molar-refractivity contribution in [3.8, 4) is 17.6 Å². The van der Waals surface area contributed by atoms with E-state index in [0.717, 1.165) is 27.1 Å². The molecule has 0 aliphatic carbocycles. The number of nitrogens with zero attached hydrogens (tertiary/aromatic N) is 1. The van der Waals surface area contributed by atoms with Crippen LogP contribution in [-0.2, 0) is 0 Å². The van der Waals surface area contributed by atoms with Crippen molar-refractivity contribution in [3.05, 3.63) is 69.7 Å². The molecule has 0 saturated carbocycles. The molecule has 3 aromatic rings. The zero-order valence-corrected chi connectivity index (χ0v) is 15.1. The van der Waals surface area contributed by atoms with Crippen LogP contribution in [-0.4, -0.2) is 20.2 Å². The quantitative estimate of drug-likeness (QED) is 0.665. The van der Waals surface area contributed by atoms with Gasteiger partial charge in [-0.3, -0.25) is 4.79 Å². The normalized spacial score (nSPS) is 10.2. The van der Waals surface area contributed by atoms with E-state index in [0.29, 0.717) is 13.2 Å². The monoisotopic (exact) mass is 349 g/mol. The first kappa shape index (κ1) is 17.1. The highest BCUT2D eigenvalue weighted by atomic mass is 32.1. The molecule has 25 heavy (non-hydrogen) atoms. The SMILES string of the molecule is Cc1cccc(OCC#CCN(C)c2cc(=O)sc3ccccc23)c1. The van der Waals surface area contributed by atoms with Crippen molar-refractivity contribution in [2.24, 2.45) is 0 Å². The van der Waals surface area contributed by atoms with E-state index in [1.54, 1.807) is 6.07 Å². The summed E-state index contributed by atoms with van der Waals surface area (Å²) >= 11 is 1.27. The van der Waals surface area contributed by atoms with E-state index >= 15 is 0 Å². The van der Waals surface area contributed by atoms with Crippen molar-refractivity contribution in [2.75, 3.05) is 25.1 Å². The lowest BCUT2D eigenvalue weighted by molar-refractivity contribution is 0.370. The third-order valence-electron chi connectivity index (χ3n) is 3.78. The van der Waals surface area contributed by atoms with E-state index < -0.39 is 0 Å². The van der Waals surface area contributed by atoms with Crippen LogP contribution in [0.3, 0.4) is 0 Å². The minimum Gasteiger partial charge on any atom is -0.481 e. The van der Waals surface area contributed by atoms with Gasteiger partial charge in [0.15, 0.2) is 0 Å². The van der Waals surface area contributed by atoms with Crippen molar-refractivity contribution < 1.29 is 4.74 Å². The van der Waals surface area contributed by atoms with Crippen molar-refractivity contribution in [1.82, 2.24) is 0 Å². The number of ether oxygens (including phenoxy) is 1. The summed E-state index contributed by atoms with van der Waals surface area (Å²) in [7, 11) is 1.95. The van der Waals surface area contributed by atoms with E-state index in [1.807, 2.05) is 67.4 Å². The van der Waals surface area contributed by atoms with Gasteiger partial charge in [-0.05, 0) is 30.7 Å². The van der Waals surface area contributed by atoms with Gasteiger partial charge in [-0.15, -0.1) is 0 Å². The zero-order chi connectivity index (χ0) is 17.6. The topological polar surface area (TPSA) is 29.5 Å². The Morgan fingerprint density at radius 2 is 1.92 bits per heavy atom. The summed E-state index contributed by atoms with van der Waals surface area (Å²) in [5.41, 5.74) is 2.07. The number of rotatable bonds is 4. The van der Waals surface area contributed by atoms with Gasteiger partial charge in [-0.2, -0.15) is 0 Å². The molecule has 0 aliphatic rings. The van der Waals surface area contributed by atoms with E-state index in [2.05, 4.69) is 11.8 Å². The molecular formula is C21H19NO2S. The molecule has 0 atom stereocenters. The molecule has 1 aromatic heterocycles. The maximum atomic E-state index is 11.9. The highest BCUT2D eigenvalue weighted by Gasteiger charge is 2.07. The van der Waals surface area contributed by atoms with Crippen LogP contribution < -0.4 is 14.4 Å². The smallest absolute Gasteiger partial charge is 0.234 e. The Morgan fingerprint density at radius 3 is 2.76 bits per heavy atom. The van der Waals surface area contributed by atoms with E-state index in [4.69, 9.17) is 4.74 Å². The average Bonchev–Trinajstić information content (AvgIpc) is 2.60. The molecular weight excluding hydrogens is 330 g/mol. The van der Waals surface area contributed by atoms with Crippen molar-refractivity contribution >= 4 is 27.1 Å². The van der Waals surface area contributed by atoms with E-state index in [9.17, 15) is 4.79 Å². The Labute approximate surface area is 151 Å². The Morgan fingerprint density at radius 1 is 1.08 bits per heavy atom. The van der Waals surface area contributed by atoms with E-state index in [-0.39, 0.29) is 4.74 Å². The van der Waals surface area contributed by atoms with Gasteiger partial charge in [0.1, 0.15) is 12.4 Å². The minimum atomic E-state index is 0.0521. The lowest BCUT2D eigenvalue weighted by Crippen LogP contribution is -2.18. The Balaban J connectivity index is 1.66. The van der Waals surface area contributed by atoms with Gasteiger partial charge in [0.2, 0.25) is 4.74 Å². The second-order valence-corrected chi connectivity index (χ2v) is 6.81. The molecule has 0 spiro atoms. The van der Waals surface area contributed by atoms with Crippen molar-refractivity contribution in [2.45, 2.75) is 6.92 Å². The molecule has 0 amide bonds.